The number of aromatic amines is 1. The van der Waals surface area contributed by atoms with Crippen LogP contribution in [0.25, 0.3) is 22.0 Å². The van der Waals surface area contributed by atoms with E-state index in [2.05, 4.69) is 37.2 Å². The summed E-state index contributed by atoms with van der Waals surface area (Å²) in [5.41, 5.74) is 4.24. The van der Waals surface area contributed by atoms with E-state index in [4.69, 9.17) is 0 Å². The molecule has 1 fully saturated rings. The Morgan fingerprint density at radius 3 is 2.57 bits per heavy atom. The predicted octanol–water partition coefficient (Wildman–Crippen LogP) is 2.93. The molecule has 4 rings (SSSR count). The highest BCUT2D eigenvalue weighted by molar-refractivity contribution is 5.86. The monoisotopic (exact) mass is 279 g/mol. The SMILES string of the molecule is Cc1[nH]nc2ccc(-c3cnc(N4CCCC4)nc3)cc12. The minimum atomic E-state index is 0.844. The van der Waals surface area contributed by atoms with Gasteiger partial charge in [-0.15, -0.1) is 0 Å². The van der Waals surface area contributed by atoms with Crippen LogP contribution in [0.15, 0.2) is 30.6 Å². The van der Waals surface area contributed by atoms with E-state index in [0.29, 0.717) is 0 Å². The Balaban J connectivity index is 1.69. The zero-order chi connectivity index (χ0) is 14.2. The molecule has 5 nitrogen and oxygen atoms in total. The van der Waals surface area contributed by atoms with Crippen molar-refractivity contribution < 1.29 is 0 Å². The Morgan fingerprint density at radius 2 is 1.81 bits per heavy atom. The summed E-state index contributed by atoms with van der Waals surface area (Å²) in [6.07, 6.45) is 6.30. The number of H-pyrrole nitrogens is 1. The Bertz CT molecular complexity index is 769. The van der Waals surface area contributed by atoms with Gasteiger partial charge in [-0.3, -0.25) is 5.10 Å². The lowest BCUT2D eigenvalue weighted by Crippen LogP contribution is -2.20. The highest BCUT2D eigenvalue weighted by Gasteiger charge is 2.14. The van der Waals surface area contributed by atoms with Crippen LogP contribution in [0.4, 0.5) is 5.95 Å². The smallest absolute Gasteiger partial charge is 0.225 e. The molecule has 21 heavy (non-hydrogen) atoms. The average molecular weight is 279 g/mol. The van der Waals surface area contributed by atoms with Gasteiger partial charge in [0.2, 0.25) is 5.95 Å². The molecular weight excluding hydrogens is 262 g/mol. The Hall–Kier alpha value is -2.43. The van der Waals surface area contributed by atoms with Crippen molar-refractivity contribution >= 4 is 16.9 Å². The molecule has 3 aromatic rings. The molecule has 3 heterocycles. The van der Waals surface area contributed by atoms with Gasteiger partial charge in [-0.05, 0) is 37.5 Å². The first-order valence-electron chi connectivity index (χ1n) is 7.33. The van der Waals surface area contributed by atoms with Crippen molar-refractivity contribution in [3.63, 3.8) is 0 Å². The molecule has 106 valence electrons. The van der Waals surface area contributed by atoms with E-state index in [-0.39, 0.29) is 0 Å². The van der Waals surface area contributed by atoms with Crippen LogP contribution in [0.1, 0.15) is 18.5 Å². The first kappa shape index (κ1) is 12.3. The minimum absolute atomic E-state index is 0.844. The number of nitrogens with one attached hydrogen (secondary N) is 1. The number of nitrogens with zero attached hydrogens (tertiary/aromatic N) is 4. The second kappa shape index (κ2) is 4.84. The highest BCUT2D eigenvalue weighted by atomic mass is 15.3. The summed E-state index contributed by atoms with van der Waals surface area (Å²) in [6.45, 7) is 4.17. The number of fused-ring (bicyclic) bond motifs is 1. The van der Waals surface area contributed by atoms with Gasteiger partial charge in [-0.25, -0.2) is 9.97 Å². The second-order valence-electron chi connectivity index (χ2n) is 5.55. The fourth-order valence-corrected chi connectivity index (χ4v) is 2.87. The fourth-order valence-electron chi connectivity index (χ4n) is 2.87. The zero-order valence-electron chi connectivity index (χ0n) is 12.0. The minimum Gasteiger partial charge on any atom is -0.341 e. The van der Waals surface area contributed by atoms with E-state index < -0.39 is 0 Å². The van der Waals surface area contributed by atoms with Crippen LogP contribution in [0, 0.1) is 6.92 Å². The van der Waals surface area contributed by atoms with Crippen molar-refractivity contribution in [2.75, 3.05) is 18.0 Å². The molecule has 0 bridgehead atoms. The van der Waals surface area contributed by atoms with E-state index in [1.165, 1.54) is 12.8 Å². The van der Waals surface area contributed by atoms with Gasteiger partial charge in [-0.1, -0.05) is 6.07 Å². The molecule has 0 unspecified atom stereocenters. The van der Waals surface area contributed by atoms with Crippen LogP contribution in [0.3, 0.4) is 0 Å². The molecule has 5 heteroatoms. The molecule has 1 saturated heterocycles. The Kier molecular flexibility index (Phi) is 2.84. The van der Waals surface area contributed by atoms with E-state index in [1.54, 1.807) is 0 Å². The summed E-state index contributed by atoms with van der Waals surface area (Å²) < 4.78 is 0. The number of aryl methyl sites for hydroxylation is 1. The number of hydrogen-bond donors (Lipinski definition) is 1. The van der Waals surface area contributed by atoms with Crippen molar-refractivity contribution in [1.29, 1.82) is 0 Å². The summed E-state index contributed by atoms with van der Waals surface area (Å²) in [4.78, 5) is 11.3. The molecule has 1 N–H and O–H groups in total. The van der Waals surface area contributed by atoms with Crippen LogP contribution in [-0.2, 0) is 0 Å². The van der Waals surface area contributed by atoms with Gasteiger partial charge in [-0.2, -0.15) is 5.10 Å². The van der Waals surface area contributed by atoms with E-state index >= 15 is 0 Å². The Labute approximate surface area is 123 Å². The van der Waals surface area contributed by atoms with Gasteiger partial charge in [0, 0.05) is 42.1 Å². The van der Waals surface area contributed by atoms with E-state index in [1.807, 2.05) is 25.4 Å². The van der Waals surface area contributed by atoms with Crippen molar-refractivity contribution in [2.45, 2.75) is 19.8 Å². The second-order valence-corrected chi connectivity index (χ2v) is 5.55. The molecule has 2 aromatic heterocycles. The van der Waals surface area contributed by atoms with Gasteiger partial charge in [0.05, 0.1) is 5.52 Å². The largest absolute Gasteiger partial charge is 0.341 e. The van der Waals surface area contributed by atoms with Crippen LogP contribution in [0.2, 0.25) is 0 Å². The van der Waals surface area contributed by atoms with Crippen molar-refractivity contribution in [1.82, 2.24) is 20.2 Å². The average Bonchev–Trinajstić information content (AvgIpc) is 3.18. The van der Waals surface area contributed by atoms with Gasteiger partial charge in [0.1, 0.15) is 0 Å². The number of aromatic nitrogens is 4. The number of anilines is 1. The van der Waals surface area contributed by atoms with Gasteiger partial charge in [0.15, 0.2) is 0 Å². The third-order valence-electron chi connectivity index (χ3n) is 4.11. The maximum absolute atomic E-state index is 4.52. The van der Waals surface area contributed by atoms with Crippen LogP contribution >= 0.6 is 0 Å². The third kappa shape index (κ3) is 2.14. The number of hydrogen-bond acceptors (Lipinski definition) is 4. The number of benzene rings is 1. The summed E-state index contributed by atoms with van der Waals surface area (Å²) in [5.74, 6) is 0.844. The van der Waals surface area contributed by atoms with Crippen LogP contribution in [-0.4, -0.2) is 33.3 Å². The van der Waals surface area contributed by atoms with Crippen molar-refractivity contribution in [3.8, 4) is 11.1 Å². The molecule has 1 aliphatic heterocycles. The summed E-state index contributed by atoms with van der Waals surface area (Å²) in [7, 11) is 0. The summed E-state index contributed by atoms with van der Waals surface area (Å²) in [5, 5.41) is 8.42. The molecule has 0 saturated carbocycles. The predicted molar refractivity (Wildman–Crippen MR) is 83.3 cm³/mol. The van der Waals surface area contributed by atoms with Crippen LogP contribution in [0.5, 0.6) is 0 Å². The lowest BCUT2D eigenvalue weighted by molar-refractivity contribution is 0.899. The summed E-state index contributed by atoms with van der Waals surface area (Å²) >= 11 is 0. The lowest BCUT2D eigenvalue weighted by atomic mass is 10.1. The molecule has 0 aliphatic carbocycles. The maximum atomic E-state index is 4.52. The van der Waals surface area contributed by atoms with E-state index in [9.17, 15) is 0 Å². The van der Waals surface area contributed by atoms with Gasteiger partial charge >= 0.3 is 0 Å². The standard InChI is InChI=1S/C16H17N5/c1-11-14-8-12(4-5-15(14)20-19-11)13-9-17-16(18-10-13)21-6-2-3-7-21/h4-5,8-10H,2-3,6-7H2,1H3,(H,19,20). The normalized spacial score (nSPS) is 15.0. The quantitative estimate of drug-likeness (QED) is 0.783. The zero-order valence-corrected chi connectivity index (χ0v) is 12.0. The molecule has 0 spiro atoms. The molecule has 0 radical (unpaired) electrons. The number of rotatable bonds is 2. The van der Waals surface area contributed by atoms with Gasteiger partial charge in [0.25, 0.3) is 0 Å². The molecule has 0 atom stereocenters. The summed E-state index contributed by atoms with van der Waals surface area (Å²) in [6, 6.07) is 6.24. The van der Waals surface area contributed by atoms with Crippen molar-refractivity contribution in [2.24, 2.45) is 0 Å². The molecule has 0 amide bonds. The van der Waals surface area contributed by atoms with E-state index in [0.717, 1.165) is 46.8 Å². The first-order chi connectivity index (χ1) is 10.3. The topological polar surface area (TPSA) is 57.7 Å². The maximum Gasteiger partial charge on any atom is 0.225 e. The highest BCUT2D eigenvalue weighted by Crippen LogP contribution is 2.25. The van der Waals surface area contributed by atoms with Gasteiger partial charge < -0.3 is 4.90 Å². The molecule has 1 aromatic carbocycles. The Morgan fingerprint density at radius 1 is 1.05 bits per heavy atom. The molecule has 1 aliphatic rings. The molecular formula is C16H17N5. The fraction of sp³-hybridized carbons (Fsp3) is 0.312. The lowest BCUT2D eigenvalue weighted by Gasteiger charge is -2.14. The first-order valence-corrected chi connectivity index (χ1v) is 7.33. The third-order valence-corrected chi connectivity index (χ3v) is 4.11. The van der Waals surface area contributed by atoms with Crippen molar-refractivity contribution in [3.05, 3.63) is 36.3 Å². The van der Waals surface area contributed by atoms with Crippen LogP contribution < -0.4 is 4.90 Å².